The summed E-state index contributed by atoms with van der Waals surface area (Å²) in [4.78, 5) is 26.9. The van der Waals surface area contributed by atoms with Crippen LogP contribution in [0.2, 0.25) is 0 Å². The first-order chi connectivity index (χ1) is 9.66. The Morgan fingerprint density at radius 1 is 1.05 bits per heavy atom. The van der Waals surface area contributed by atoms with Crippen LogP contribution in [0.1, 0.15) is 32.1 Å². The first-order valence-electron chi connectivity index (χ1n) is 7.50. The monoisotopic (exact) mass is 300 g/mol. The molecule has 0 aromatic carbocycles. The number of hydrogen-bond acceptors (Lipinski definition) is 3. The second-order valence-electron chi connectivity index (χ2n) is 5.60. The predicted molar refractivity (Wildman–Crippen MR) is 80.1 cm³/mol. The third kappa shape index (κ3) is 4.58. The third-order valence-electron chi connectivity index (χ3n) is 4.14. The van der Waals surface area contributed by atoms with Crippen molar-refractivity contribution in [2.75, 3.05) is 37.7 Å². The fourth-order valence-electron chi connectivity index (χ4n) is 2.88. The van der Waals surface area contributed by atoms with Crippen LogP contribution >= 0.6 is 11.8 Å². The van der Waals surface area contributed by atoms with Gasteiger partial charge in [0.15, 0.2) is 0 Å². The Hall–Kier alpha value is -0.910. The van der Waals surface area contributed by atoms with E-state index < -0.39 is 5.97 Å². The SMILES string of the molecule is O=C(O)CCC1CCN(C(=O)N2CCCSCC2)CC1. The van der Waals surface area contributed by atoms with Crippen LogP contribution < -0.4 is 0 Å². The molecule has 0 bridgehead atoms. The summed E-state index contributed by atoms with van der Waals surface area (Å²) < 4.78 is 0. The number of thioether (sulfide) groups is 1. The van der Waals surface area contributed by atoms with Gasteiger partial charge in [-0.25, -0.2) is 4.79 Å². The van der Waals surface area contributed by atoms with Crippen LogP contribution in [0.5, 0.6) is 0 Å². The highest BCUT2D eigenvalue weighted by Crippen LogP contribution is 2.23. The standard InChI is InChI=1S/C14H24N2O3S/c17-13(18)3-2-12-4-7-16(8-5-12)14(19)15-6-1-10-20-11-9-15/h12H,1-11H2,(H,17,18). The molecule has 1 N–H and O–H groups in total. The summed E-state index contributed by atoms with van der Waals surface area (Å²) in [5, 5.41) is 8.71. The number of carboxylic acids is 1. The summed E-state index contributed by atoms with van der Waals surface area (Å²) in [7, 11) is 0. The Kier molecular flexibility index (Phi) is 6.01. The molecule has 20 heavy (non-hydrogen) atoms. The molecular formula is C14H24N2O3S. The summed E-state index contributed by atoms with van der Waals surface area (Å²) in [5.41, 5.74) is 0. The van der Waals surface area contributed by atoms with Gasteiger partial charge in [0, 0.05) is 38.4 Å². The highest BCUT2D eigenvalue weighted by molar-refractivity contribution is 7.99. The molecule has 2 rings (SSSR count). The molecule has 0 spiro atoms. The molecule has 6 heteroatoms. The normalized spacial score (nSPS) is 21.6. The Bertz CT molecular complexity index is 335. The number of rotatable bonds is 3. The molecule has 0 aromatic heterocycles. The van der Waals surface area contributed by atoms with E-state index in [9.17, 15) is 9.59 Å². The van der Waals surface area contributed by atoms with Crippen molar-refractivity contribution in [1.82, 2.24) is 9.80 Å². The number of urea groups is 1. The van der Waals surface area contributed by atoms with Crippen molar-refractivity contribution in [3.05, 3.63) is 0 Å². The molecule has 0 unspecified atom stereocenters. The lowest BCUT2D eigenvalue weighted by molar-refractivity contribution is -0.137. The zero-order valence-electron chi connectivity index (χ0n) is 11.9. The number of carboxylic acid groups (broad SMARTS) is 1. The molecular weight excluding hydrogens is 276 g/mol. The van der Waals surface area contributed by atoms with Crippen molar-refractivity contribution >= 4 is 23.8 Å². The van der Waals surface area contributed by atoms with Gasteiger partial charge in [0.1, 0.15) is 0 Å². The topological polar surface area (TPSA) is 60.9 Å². The van der Waals surface area contributed by atoms with Crippen molar-refractivity contribution in [3.63, 3.8) is 0 Å². The third-order valence-corrected chi connectivity index (χ3v) is 5.19. The van der Waals surface area contributed by atoms with E-state index in [0.29, 0.717) is 5.92 Å². The van der Waals surface area contributed by atoms with E-state index in [2.05, 4.69) is 0 Å². The van der Waals surface area contributed by atoms with Gasteiger partial charge < -0.3 is 14.9 Å². The molecule has 0 atom stereocenters. The molecule has 0 radical (unpaired) electrons. The maximum absolute atomic E-state index is 12.4. The first-order valence-corrected chi connectivity index (χ1v) is 8.65. The van der Waals surface area contributed by atoms with Crippen LogP contribution in [0.25, 0.3) is 0 Å². The molecule has 0 aromatic rings. The highest BCUT2D eigenvalue weighted by Gasteiger charge is 2.26. The van der Waals surface area contributed by atoms with E-state index >= 15 is 0 Å². The maximum atomic E-state index is 12.4. The van der Waals surface area contributed by atoms with Crippen LogP contribution in [-0.2, 0) is 4.79 Å². The Balaban J connectivity index is 1.74. The Morgan fingerprint density at radius 3 is 2.45 bits per heavy atom. The van der Waals surface area contributed by atoms with Crippen LogP contribution in [0, 0.1) is 5.92 Å². The minimum Gasteiger partial charge on any atom is -0.481 e. The molecule has 2 saturated heterocycles. The van der Waals surface area contributed by atoms with Gasteiger partial charge in [0.2, 0.25) is 0 Å². The van der Waals surface area contributed by atoms with E-state index in [1.54, 1.807) is 0 Å². The average Bonchev–Trinajstić information content (AvgIpc) is 2.74. The van der Waals surface area contributed by atoms with Gasteiger partial charge in [-0.1, -0.05) is 0 Å². The van der Waals surface area contributed by atoms with Gasteiger partial charge in [-0.2, -0.15) is 11.8 Å². The lowest BCUT2D eigenvalue weighted by atomic mass is 9.92. The van der Waals surface area contributed by atoms with Gasteiger partial charge in [-0.05, 0) is 37.4 Å². The highest BCUT2D eigenvalue weighted by atomic mass is 32.2. The van der Waals surface area contributed by atoms with Gasteiger partial charge >= 0.3 is 12.0 Å². The number of amides is 2. The lowest BCUT2D eigenvalue weighted by Crippen LogP contribution is -2.47. The van der Waals surface area contributed by atoms with Crippen molar-refractivity contribution in [1.29, 1.82) is 0 Å². The van der Waals surface area contributed by atoms with E-state index in [0.717, 1.165) is 63.4 Å². The molecule has 0 saturated carbocycles. The average molecular weight is 300 g/mol. The zero-order chi connectivity index (χ0) is 14.4. The van der Waals surface area contributed by atoms with E-state index in [4.69, 9.17) is 5.11 Å². The molecule has 2 fully saturated rings. The summed E-state index contributed by atoms with van der Waals surface area (Å²) in [5.74, 6) is 1.95. The van der Waals surface area contributed by atoms with Crippen molar-refractivity contribution < 1.29 is 14.7 Å². The lowest BCUT2D eigenvalue weighted by Gasteiger charge is -2.35. The number of carbonyl (C=O) groups is 2. The van der Waals surface area contributed by atoms with Crippen molar-refractivity contribution in [2.24, 2.45) is 5.92 Å². The molecule has 2 heterocycles. The van der Waals surface area contributed by atoms with Crippen LogP contribution in [0.3, 0.4) is 0 Å². The minimum absolute atomic E-state index is 0.184. The molecule has 114 valence electrons. The Morgan fingerprint density at radius 2 is 1.75 bits per heavy atom. The van der Waals surface area contributed by atoms with Crippen LogP contribution in [0.4, 0.5) is 4.79 Å². The molecule has 2 amide bonds. The van der Waals surface area contributed by atoms with E-state index in [1.165, 1.54) is 0 Å². The van der Waals surface area contributed by atoms with E-state index in [-0.39, 0.29) is 12.5 Å². The number of likely N-dealkylation sites (tertiary alicyclic amines) is 1. The second kappa shape index (κ2) is 7.76. The summed E-state index contributed by atoms with van der Waals surface area (Å²) >= 11 is 1.93. The zero-order valence-corrected chi connectivity index (χ0v) is 12.7. The number of nitrogens with zero attached hydrogens (tertiary/aromatic N) is 2. The quantitative estimate of drug-likeness (QED) is 0.867. The van der Waals surface area contributed by atoms with Crippen molar-refractivity contribution in [2.45, 2.75) is 32.1 Å². The predicted octanol–water partition coefficient (Wildman–Crippen LogP) is 2.12. The number of hydrogen-bond donors (Lipinski definition) is 1. The fraction of sp³-hybridized carbons (Fsp3) is 0.857. The summed E-state index contributed by atoms with van der Waals surface area (Å²) in [6.45, 7) is 3.31. The molecule has 2 aliphatic rings. The van der Waals surface area contributed by atoms with Crippen molar-refractivity contribution in [3.8, 4) is 0 Å². The Labute approximate surface area is 124 Å². The van der Waals surface area contributed by atoms with Crippen LogP contribution in [0.15, 0.2) is 0 Å². The molecule has 0 aliphatic carbocycles. The van der Waals surface area contributed by atoms with Crippen LogP contribution in [-0.4, -0.2) is 64.6 Å². The molecule has 5 nitrogen and oxygen atoms in total. The van der Waals surface area contributed by atoms with Gasteiger partial charge in [-0.3, -0.25) is 4.79 Å². The maximum Gasteiger partial charge on any atom is 0.320 e. The summed E-state index contributed by atoms with van der Waals surface area (Å²) in [6, 6.07) is 0.184. The van der Waals surface area contributed by atoms with E-state index in [1.807, 2.05) is 21.6 Å². The number of carbonyl (C=O) groups excluding carboxylic acids is 1. The number of piperidine rings is 1. The number of aliphatic carboxylic acids is 1. The second-order valence-corrected chi connectivity index (χ2v) is 6.82. The minimum atomic E-state index is -0.717. The van der Waals surface area contributed by atoms with Gasteiger partial charge in [0.25, 0.3) is 0 Å². The molecule has 2 aliphatic heterocycles. The summed E-state index contributed by atoms with van der Waals surface area (Å²) in [6.07, 6.45) is 3.98. The fourth-order valence-corrected chi connectivity index (χ4v) is 3.76. The van der Waals surface area contributed by atoms with Gasteiger partial charge in [-0.15, -0.1) is 0 Å². The largest absolute Gasteiger partial charge is 0.481 e. The first kappa shape index (κ1) is 15.5. The van der Waals surface area contributed by atoms with Gasteiger partial charge in [0.05, 0.1) is 0 Å². The smallest absolute Gasteiger partial charge is 0.320 e.